The Morgan fingerprint density at radius 2 is 1.71 bits per heavy atom. The molecule has 4 aromatic rings. The SMILES string of the molecule is COc1ccc(-c2ccnn2-c2ccc(SCc3ccc(F)cc3)nn2)cc1. The van der Waals surface area contributed by atoms with Crippen LogP contribution in [0, 0.1) is 5.82 Å². The lowest BCUT2D eigenvalue weighted by Crippen LogP contribution is -2.03. The van der Waals surface area contributed by atoms with Gasteiger partial charge in [0.2, 0.25) is 0 Å². The largest absolute Gasteiger partial charge is 0.497 e. The molecule has 0 radical (unpaired) electrons. The molecule has 0 aliphatic carbocycles. The number of hydrogen-bond donors (Lipinski definition) is 0. The second-order valence-corrected chi connectivity index (χ2v) is 7.00. The molecule has 0 aliphatic rings. The molecule has 0 saturated carbocycles. The molecule has 0 fully saturated rings. The number of nitrogens with zero attached hydrogens (tertiary/aromatic N) is 4. The molecular formula is C21H17FN4OS. The van der Waals surface area contributed by atoms with Crippen LogP contribution in [0.2, 0.25) is 0 Å². The zero-order chi connectivity index (χ0) is 19.3. The van der Waals surface area contributed by atoms with Crippen molar-refractivity contribution in [2.45, 2.75) is 10.8 Å². The Bertz CT molecular complexity index is 1050. The van der Waals surface area contributed by atoms with Gasteiger partial charge in [-0.05, 0) is 60.2 Å². The van der Waals surface area contributed by atoms with Crippen LogP contribution in [0.25, 0.3) is 17.1 Å². The summed E-state index contributed by atoms with van der Waals surface area (Å²) in [5, 5.41) is 13.8. The van der Waals surface area contributed by atoms with E-state index in [9.17, 15) is 4.39 Å². The minimum Gasteiger partial charge on any atom is -0.497 e. The van der Waals surface area contributed by atoms with E-state index in [-0.39, 0.29) is 5.82 Å². The quantitative estimate of drug-likeness (QED) is 0.443. The van der Waals surface area contributed by atoms with Gasteiger partial charge in [-0.25, -0.2) is 9.07 Å². The van der Waals surface area contributed by atoms with E-state index in [1.807, 2.05) is 42.5 Å². The first-order valence-electron chi connectivity index (χ1n) is 8.63. The molecule has 7 heteroatoms. The Morgan fingerprint density at radius 3 is 2.39 bits per heavy atom. The summed E-state index contributed by atoms with van der Waals surface area (Å²) in [6, 6.07) is 20.0. The molecule has 2 aromatic carbocycles. The number of ether oxygens (including phenoxy) is 1. The molecule has 0 saturated heterocycles. The average molecular weight is 392 g/mol. The molecule has 0 aliphatic heterocycles. The van der Waals surface area contributed by atoms with Gasteiger partial charge < -0.3 is 4.74 Å². The molecule has 0 atom stereocenters. The number of thioether (sulfide) groups is 1. The van der Waals surface area contributed by atoms with Crippen LogP contribution in [0.15, 0.2) is 78.0 Å². The molecule has 140 valence electrons. The van der Waals surface area contributed by atoms with Crippen molar-refractivity contribution in [1.29, 1.82) is 0 Å². The monoisotopic (exact) mass is 392 g/mol. The van der Waals surface area contributed by atoms with E-state index >= 15 is 0 Å². The zero-order valence-corrected chi connectivity index (χ0v) is 15.9. The van der Waals surface area contributed by atoms with Gasteiger partial charge in [0.1, 0.15) is 16.6 Å². The first-order valence-corrected chi connectivity index (χ1v) is 9.61. The minimum atomic E-state index is -0.232. The number of hydrogen-bond acceptors (Lipinski definition) is 5. The summed E-state index contributed by atoms with van der Waals surface area (Å²) in [6.07, 6.45) is 1.73. The molecule has 0 amide bonds. The maximum absolute atomic E-state index is 13.0. The molecule has 0 N–H and O–H groups in total. The normalized spacial score (nSPS) is 10.8. The lowest BCUT2D eigenvalue weighted by molar-refractivity contribution is 0.415. The van der Waals surface area contributed by atoms with Gasteiger partial charge in [0.15, 0.2) is 5.82 Å². The maximum atomic E-state index is 13.0. The highest BCUT2D eigenvalue weighted by molar-refractivity contribution is 7.98. The highest BCUT2D eigenvalue weighted by atomic mass is 32.2. The van der Waals surface area contributed by atoms with E-state index in [1.54, 1.807) is 41.9 Å². The average Bonchev–Trinajstić information content (AvgIpc) is 3.24. The first kappa shape index (κ1) is 18.2. The lowest BCUT2D eigenvalue weighted by Gasteiger charge is -2.08. The topological polar surface area (TPSA) is 52.8 Å². The molecule has 2 heterocycles. The predicted octanol–water partition coefficient (Wildman–Crippen LogP) is 4.77. The molecule has 0 spiro atoms. The van der Waals surface area contributed by atoms with E-state index in [4.69, 9.17) is 4.74 Å². The van der Waals surface area contributed by atoms with E-state index in [0.717, 1.165) is 27.6 Å². The van der Waals surface area contributed by atoms with Crippen molar-refractivity contribution in [3.8, 4) is 22.8 Å². The molecule has 4 rings (SSSR count). The van der Waals surface area contributed by atoms with Gasteiger partial charge in [-0.1, -0.05) is 23.9 Å². The molecule has 0 bridgehead atoms. The third-order valence-electron chi connectivity index (χ3n) is 4.17. The van der Waals surface area contributed by atoms with Crippen molar-refractivity contribution in [3.05, 3.63) is 84.3 Å². The van der Waals surface area contributed by atoms with Gasteiger partial charge in [0.05, 0.1) is 19.0 Å². The van der Waals surface area contributed by atoms with Crippen LogP contribution < -0.4 is 4.74 Å². The summed E-state index contributed by atoms with van der Waals surface area (Å²) in [5.41, 5.74) is 2.96. The third kappa shape index (κ3) is 4.04. The van der Waals surface area contributed by atoms with Crippen LogP contribution in [0.3, 0.4) is 0 Å². The summed E-state index contributed by atoms with van der Waals surface area (Å²) < 4.78 is 19.9. The Morgan fingerprint density at radius 1 is 0.929 bits per heavy atom. The maximum Gasteiger partial charge on any atom is 0.176 e. The summed E-state index contributed by atoms with van der Waals surface area (Å²) >= 11 is 1.55. The Kier molecular flexibility index (Phi) is 5.34. The van der Waals surface area contributed by atoms with Crippen LogP contribution in [0.4, 0.5) is 4.39 Å². The van der Waals surface area contributed by atoms with Crippen LogP contribution in [0.1, 0.15) is 5.56 Å². The van der Waals surface area contributed by atoms with Gasteiger partial charge in [0.25, 0.3) is 0 Å². The van der Waals surface area contributed by atoms with Gasteiger partial charge in [-0.15, -0.1) is 10.2 Å². The Balaban J connectivity index is 1.49. The summed E-state index contributed by atoms with van der Waals surface area (Å²) in [6.45, 7) is 0. The number of methoxy groups -OCH3 is 1. The standard InChI is InChI=1S/C21H17FN4OS/c1-27-18-8-4-16(5-9-18)19-12-13-23-26(19)20-10-11-21(25-24-20)28-14-15-2-6-17(22)7-3-15/h2-13H,14H2,1H3. The van der Waals surface area contributed by atoms with Gasteiger partial charge >= 0.3 is 0 Å². The molecule has 0 unspecified atom stereocenters. The summed E-state index contributed by atoms with van der Waals surface area (Å²) in [5.74, 6) is 1.91. The fourth-order valence-electron chi connectivity index (χ4n) is 2.71. The number of halogens is 1. The van der Waals surface area contributed by atoms with Gasteiger partial charge in [-0.2, -0.15) is 5.10 Å². The fourth-order valence-corrected chi connectivity index (χ4v) is 3.48. The first-order chi connectivity index (χ1) is 13.7. The highest BCUT2D eigenvalue weighted by Gasteiger charge is 2.10. The summed E-state index contributed by atoms with van der Waals surface area (Å²) in [4.78, 5) is 0. The van der Waals surface area contributed by atoms with E-state index < -0.39 is 0 Å². The number of aromatic nitrogens is 4. The molecule has 5 nitrogen and oxygen atoms in total. The second kappa shape index (κ2) is 8.22. The zero-order valence-electron chi connectivity index (χ0n) is 15.1. The van der Waals surface area contributed by atoms with Crippen molar-refractivity contribution in [2.24, 2.45) is 0 Å². The van der Waals surface area contributed by atoms with Crippen molar-refractivity contribution < 1.29 is 9.13 Å². The molecule has 28 heavy (non-hydrogen) atoms. The molecular weight excluding hydrogens is 375 g/mol. The van der Waals surface area contributed by atoms with Crippen molar-refractivity contribution in [1.82, 2.24) is 20.0 Å². The van der Waals surface area contributed by atoms with Crippen molar-refractivity contribution in [3.63, 3.8) is 0 Å². The Hall–Kier alpha value is -3.19. The Labute approximate surface area is 166 Å². The number of rotatable bonds is 6. The highest BCUT2D eigenvalue weighted by Crippen LogP contribution is 2.25. The summed E-state index contributed by atoms with van der Waals surface area (Å²) in [7, 11) is 1.64. The second-order valence-electron chi connectivity index (χ2n) is 6.00. The predicted molar refractivity (Wildman–Crippen MR) is 107 cm³/mol. The smallest absolute Gasteiger partial charge is 0.176 e. The van der Waals surface area contributed by atoms with E-state index in [2.05, 4.69) is 15.3 Å². The third-order valence-corrected chi connectivity index (χ3v) is 5.16. The van der Waals surface area contributed by atoms with Crippen molar-refractivity contribution in [2.75, 3.05) is 7.11 Å². The van der Waals surface area contributed by atoms with Crippen LogP contribution in [0.5, 0.6) is 5.75 Å². The fraction of sp³-hybridized carbons (Fsp3) is 0.0952. The minimum absolute atomic E-state index is 0.232. The van der Waals surface area contributed by atoms with E-state index in [1.165, 1.54) is 12.1 Å². The van der Waals surface area contributed by atoms with Crippen LogP contribution in [-0.2, 0) is 5.75 Å². The van der Waals surface area contributed by atoms with Gasteiger partial charge in [0, 0.05) is 11.3 Å². The van der Waals surface area contributed by atoms with Crippen LogP contribution >= 0.6 is 11.8 Å². The number of benzene rings is 2. The van der Waals surface area contributed by atoms with Crippen LogP contribution in [-0.4, -0.2) is 27.1 Å². The van der Waals surface area contributed by atoms with E-state index in [0.29, 0.717) is 11.6 Å². The molecule has 2 aromatic heterocycles. The lowest BCUT2D eigenvalue weighted by atomic mass is 10.1. The van der Waals surface area contributed by atoms with Crippen molar-refractivity contribution >= 4 is 11.8 Å². The van der Waals surface area contributed by atoms with Gasteiger partial charge in [-0.3, -0.25) is 0 Å².